The van der Waals surface area contributed by atoms with Crippen LogP contribution in [-0.2, 0) is 11.3 Å². The fourth-order valence-electron chi connectivity index (χ4n) is 2.14. The molecule has 0 spiro atoms. The van der Waals surface area contributed by atoms with Crippen LogP contribution < -0.4 is 0 Å². The Kier molecular flexibility index (Phi) is 3.45. The Morgan fingerprint density at radius 1 is 1.50 bits per heavy atom. The summed E-state index contributed by atoms with van der Waals surface area (Å²) in [5.41, 5.74) is 0. The Labute approximate surface area is 96.3 Å². The minimum atomic E-state index is 0.164. The van der Waals surface area contributed by atoms with Crippen LogP contribution in [0.3, 0.4) is 0 Å². The van der Waals surface area contributed by atoms with Gasteiger partial charge in [-0.2, -0.15) is 4.98 Å². The van der Waals surface area contributed by atoms with Crippen LogP contribution in [0.5, 0.6) is 0 Å². The van der Waals surface area contributed by atoms with Gasteiger partial charge in [-0.15, -0.1) is 0 Å². The number of aromatic nitrogens is 2. The van der Waals surface area contributed by atoms with Gasteiger partial charge in [0.05, 0.1) is 6.20 Å². The van der Waals surface area contributed by atoms with Crippen molar-refractivity contribution in [1.29, 1.82) is 0 Å². The minimum Gasteiger partial charge on any atom is -0.341 e. The first-order chi connectivity index (χ1) is 7.79. The summed E-state index contributed by atoms with van der Waals surface area (Å²) in [5, 5.41) is 0. The van der Waals surface area contributed by atoms with Crippen molar-refractivity contribution >= 4 is 5.91 Å². The quantitative estimate of drug-likeness (QED) is 0.764. The molecule has 16 heavy (non-hydrogen) atoms. The standard InChI is InChI=1S/C12H17N3O/c1-2-11-3-6-15(7-4-11)12(16)9-14-8-5-13-10-14/h10-11H,2-4,6-7,9H2,1H3. The molecule has 1 amide bonds. The van der Waals surface area contributed by atoms with Crippen molar-refractivity contribution in [3.05, 3.63) is 18.7 Å². The molecular weight excluding hydrogens is 202 g/mol. The van der Waals surface area contributed by atoms with Gasteiger partial charge in [-0.3, -0.25) is 9.36 Å². The van der Waals surface area contributed by atoms with Crippen LogP contribution in [0, 0.1) is 18.3 Å². The molecule has 2 rings (SSSR count). The SMILES string of the molecule is CCC1CCN(C(=O)Cn2c#cnc2)CC1. The highest BCUT2D eigenvalue weighted by Gasteiger charge is 2.21. The summed E-state index contributed by atoms with van der Waals surface area (Å²) in [7, 11) is 0. The fourth-order valence-corrected chi connectivity index (χ4v) is 2.14. The zero-order valence-electron chi connectivity index (χ0n) is 9.65. The van der Waals surface area contributed by atoms with E-state index in [0.29, 0.717) is 6.54 Å². The topological polar surface area (TPSA) is 38.1 Å². The lowest BCUT2D eigenvalue weighted by Gasteiger charge is -2.31. The fraction of sp³-hybridized carbons (Fsp3) is 0.667. The van der Waals surface area contributed by atoms with Gasteiger partial charge < -0.3 is 4.90 Å². The third-order valence-corrected chi connectivity index (χ3v) is 3.31. The van der Waals surface area contributed by atoms with Crippen molar-refractivity contribution in [3.8, 4) is 0 Å². The number of piperidine rings is 1. The molecule has 1 fully saturated rings. The van der Waals surface area contributed by atoms with Gasteiger partial charge in [0.1, 0.15) is 12.9 Å². The lowest BCUT2D eigenvalue weighted by atomic mass is 9.94. The van der Waals surface area contributed by atoms with Gasteiger partial charge in [0.15, 0.2) is 0 Å². The average molecular weight is 219 g/mol. The van der Waals surface area contributed by atoms with Crippen molar-refractivity contribution in [1.82, 2.24) is 14.5 Å². The molecule has 0 unspecified atom stereocenters. The second-order valence-electron chi connectivity index (χ2n) is 4.33. The summed E-state index contributed by atoms with van der Waals surface area (Å²) in [4.78, 5) is 17.6. The largest absolute Gasteiger partial charge is 0.341 e. The van der Waals surface area contributed by atoms with Crippen LogP contribution in [0.2, 0.25) is 0 Å². The molecule has 1 aromatic heterocycles. The van der Waals surface area contributed by atoms with Gasteiger partial charge >= 0.3 is 0 Å². The molecule has 0 bridgehead atoms. The molecule has 1 aliphatic heterocycles. The van der Waals surface area contributed by atoms with Crippen LogP contribution in [0.25, 0.3) is 0 Å². The second-order valence-corrected chi connectivity index (χ2v) is 4.33. The Hall–Kier alpha value is -1.50. The molecule has 4 nitrogen and oxygen atoms in total. The molecule has 1 aromatic rings. The van der Waals surface area contributed by atoms with Crippen molar-refractivity contribution in [3.63, 3.8) is 0 Å². The van der Waals surface area contributed by atoms with E-state index in [1.807, 2.05) is 4.90 Å². The molecular formula is C12H17N3O. The molecule has 0 N–H and O–H groups in total. The molecule has 0 aromatic carbocycles. The van der Waals surface area contributed by atoms with E-state index in [4.69, 9.17) is 0 Å². The van der Waals surface area contributed by atoms with Gasteiger partial charge in [0.2, 0.25) is 5.91 Å². The van der Waals surface area contributed by atoms with E-state index < -0.39 is 0 Å². The normalized spacial score (nSPS) is 17.2. The lowest BCUT2D eigenvalue weighted by molar-refractivity contribution is -0.133. The highest BCUT2D eigenvalue weighted by molar-refractivity contribution is 5.76. The Balaban J connectivity index is 1.82. The number of nitrogens with zero attached hydrogens (tertiary/aromatic N) is 3. The van der Waals surface area contributed by atoms with E-state index in [-0.39, 0.29) is 5.91 Å². The van der Waals surface area contributed by atoms with E-state index in [0.717, 1.165) is 31.8 Å². The maximum atomic E-state index is 11.9. The van der Waals surface area contributed by atoms with E-state index >= 15 is 0 Å². The third-order valence-electron chi connectivity index (χ3n) is 3.31. The monoisotopic (exact) mass is 219 g/mol. The highest BCUT2D eigenvalue weighted by Crippen LogP contribution is 2.19. The van der Waals surface area contributed by atoms with Crippen LogP contribution in [0.15, 0.2) is 6.33 Å². The summed E-state index contributed by atoms with van der Waals surface area (Å²) in [6, 6.07) is 0. The minimum absolute atomic E-state index is 0.164. The lowest BCUT2D eigenvalue weighted by Crippen LogP contribution is -2.40. The van der Waals surface area contributed by atoms with E-state index in [9.17, 15) is 4.79 Å². The number of likely N-dealkylation sites (tertiary alicyclic amines) is 1. The molecule has 4 heteroatoms. The summed E-state index contributed by atoms with van der Waals surface area (Å²) >= 11 is 0. The molecule has 0 aliphatic carbocycles. The number of carbonyl (C=O) groups excluding carboxylic acids is 1. The number of hydrogen-bond acceptors (Lipinski definition) is 2. The zero-order valence-corrected chi connectivity index (χ0v) is 9.65. The summed E-state index contributed by atoms with van der Waals surface area (Å²) in [5.74, 6) is 0.967. The van der Waals surface area contributed by atoms with E-state index in [1.54, 1.807) is 10.9 Å². The second kappa shape index (κ2) is 5.02. The van der Waals surface area contributed by atoms with E-state index in [1.165, 1.54) is 6.42 Å². The third kappa shape index (κ3) is 2.54. The Morgan fingerprint density at radius 2 is 2.25 bits per heavy atom. The summed E-state index contributed by atoms with van der Waals surface area (Å²) < 4.78 is 1.65. The highest BCUT2D eigenvalue weighted by atomic mass is 16.2. The molecule has 0 atom stereocenters. The van der Waals surface area contributed by atoms with Gasteiger partial charge in [-0.05, 0) is 18.8 Å². The van der Waals surface area contributed by atoms with Crippen molar-refractivity contribution in [2.24, 2.45) is 5.92 Å². The number of amides is 1. The molecule has 1 aliphatic rings. The van der Waals surface area contributed by atoms with E-state index in [2.05, 4.69) is 24.3 Å². The first-order valence-corrected chi connectivity index (χ1v) is 5.88. The predicted octanol–water partition coefficient (Wildman–Crippen LogP) is 1.13. The number of rotatable bonds is 3. The Morgan fingerprint density at radius 3 is 2.81 bits per heavy atom. The molecule has 0 radical (unpaired) electrons. The van der Waals surface area contributed by atoms with Crippen LogP contribution in [-0.4, -0.2) is 33.4 Å². The van der Waals surface area contributed by atoms with Gasteiger partial charge in [0.25, 0.3) is 0 Å². The van der Waals surface area contributed by atoms with Crippen molar-refractivity contribution in [2.45, 2.75) is 32.7 Å². The summed E-state index contributed by atoms with van der Waals surface area (Å²) in [6.45, 7) is 4.36. The average Bonchev–Trinajstić information content (AvgIpc) is 2.82. The summed E-state index contributed by atoms with van der Waals surface area (Å²) in [6.07, 6.45) is 10.4. The maximum Gasteiger partial charge on any atom is 0.243 e. The van der Waals surface area contributed by atoms with Gasteiger partial charge in [-0.1, -0.05) is 13.3 Å². The molecule has 0 saturated carbocycles. The van der Waals surface area contributed by atoms with Crippen molar-refractivity contribution < 1.29 is 4.79 Å². The van der Waals surface area contributed by atoms with Gasteiger partial charge in [0, 0.05) is 19.3 Å². The van der Waals surface area contributed by atoms with Crippen LogP contribution in [0.1, 0.15) is 26.2 Å². The first kappa shape index (κ1) is 11.0. The van der Waals surface area contributed by atoms with Crippen LogP contribution >= 0.6 is 0 Å². The molecule has 2 heterocycles. The number of carbonyl (C=O) groups is 1. The van der Waals surface area contributed by atoms with Crippen LogP contribution in [0.4, 0.5) is 0 Å². The first-order valence-electron chi connectivity index (χ1n) is 5.88. The molecule has 86 valence electrons. The molecule has 1 saturated heterocycles. The van der Waals surface area contributed by atoms with Crippen molar-refractivity contribution in [2.75, 3.05) is 13.1 Å². The Bertz CT molecular complexity index is 326. The predicted molar refractivity (Wildman–Crippen MR) is 59.5 cm³/mol. The zero-order chi connectivity index (χ0) is 11.4. The number of hydrogen-bond donors (Lipinski definition) is 0. The smallest absolute Gasteiger partial charge is 0.243 e. The van der Waals surface area contributed by atoms with Gasteiger partial charge in [-0.25, -0.2) is 0 Å². The maximum absolute atomic E-state index is 11.9.